The summed E-state index contributed by atoms with van der Waals surface area (Å²) in [6.07, 6.45) is 0.421. The maximum Gasteiger partial charge on any atom is 0.264 e. The van der Waals surface area contributed by atoms with Crippen LogP contribution in [-0.4, -0.2) is 9.97 Å². The highest BCUT2D eigenvalue weighted by Gasteiger charge is 2.06. The van der Waals surface area contributed by atoms with E-state index in [2.05, 4.69) is 9.97 Å². The van der Waals surface area contributed by atoms with Crippen LogP contribution in [0.25, 0.3) is 0 Å². The Bertz CT molecular complexity index is 610. The van der Waals surface area contributed by atoms with Crippen LogP contribution in [0, 0.1) is 16.3 Å². The fourth-order valence-corrected chi connectivity index (χ4v) is 1.81. The standard InChI is InChI=1S/C12H10FIN2O/c1-7-11(14)12(17)16-10(15-7)6-8-3-2-4-9(13)5-8/h2-5H,6H2,1H3,(H,15,16,17). The van der Waals surface area contributed by atoms with Gasteiger partial charge in [-0.3, -0.25) is 4.79 Å². The van der Waals surface area contributed by atoms with E-state index >= 15 is 0 Å². The van der Waals surface area contributed by atoms with Crippen LogP contribution in [0.3, 0.4) is 0 Å². The minimum absolute atomic E-state index is 0.149. The van der Waals surface area contributed by atoms with Crippen LogP contribution in [0.4, 0.5) is 4.39 Å². The van der Waals surface area contributed by atoms with Crippen molar-refractivity contribution in [3.63, 3.8) is 0 Å². The lowest BCUT2D eigenvalue weighted by molar-refractivity contribution is 0.625. The van der Waals surface area contributed by atoms with E-state index in [0.717, 1.165) is 5.56 Å². The van der Waals surface area contributed by atoms with Gasteiger partial charge in [0.15, 0.2) is 0 Å². The zero-order valence-corrected chi connectivity index (χ0v) is 11.3. The number of halogens is 2. The summed E-state index contributed by atoms with van der Waals surface area (Å²) in [6.45, 7) is 1.78. The van der Waals surface area contributed by atoms with Crippen molar-refractivity contribution in [3.8, 4) is 0 Å². The third-order valence-corrected chi connectivity index (χ3v) is 3.61. The molecule has 0 amide bonds. The van der Waals surface area contributed by atoms with Gasteiger partial charge in [-0.15, -0.1) is 0 Å². The van der Waals surface area contributed by atoms with Gasteiger partial charge in [0.25, 0.3) is 5.56 Å². The first-order chi connectivity index (χ1) is 8.06. The SMILES string of the molecule is Cc1nc(Cc2cccc(F)c2)[nH]c(=O)c1I. The molecule has 0 saturated heterocycles. The molecule has 0 radical (unpaired) electrons. The first-order valence-corrected chi connectivity index (χ1v) is 6.14. The van der Waals surface area contributed by atoms with Crippen LogP contribution in [0.5, 0.6) is 0 Å². The van der Waals surface area contributed by atoms with Crippen LogP contribution in [0.2, 0.25) is 0 Å². The third kappa shape index (κ3) is 2.91. The highest BCUT2D eigenvalue weighted by atomic mass is 127. The minimum Gasteiger partial charge on any atom is -0.309 e. The number of H-pyrrole nitrogens is 1. The normalized spacial score (nSPS) is 10.5. The van der Waals surface area contributed by atoms with E-state index < -0.39 is 0 Å². The van der Waals surface area contributed by atoms with Gasteiger partial charge in [0.2, 0.25) is 0 Å². The van der Waals surface area contributed by atoms with Gasteiger partial charge in [-0.1, -0.05) is 12.1 Å². The predicted octanol–water partition coefficient (Wildman–Crippen LogP) is 2.41. The van der Waals surface area contributed by atoms with Gasteiger partial charge in [-0.05, 0) is 47.2 Å². The molecule has 0 aliphatic rings. The monoisotopic (exact) mass is 344 g/mol. The molecule has 3 nitrogen and oxygen atoms in total. The molecule has 0 spiro atoms. The van der Waals surface area contributed by atoms with Crippen LogP contribution >= 0.6 is 22.6 Å². The third-order valence-electron chi connectivity index (χ3n) is 2.34. The molecule has 0 bridgehead atoms. The number of nitrogens with zero attached hydrogens (tertiary/aromatic N) is 1. The van der Waals surface area contributed by atoms with E-state index in [1.165, 1.54) is 12.1 Å². The van der Waals surface area contributed by atoms with Gasteiger partial charge < -0.3 is 4.98 Å². The number of aromatic nitrogens is 2. The molecule has 1 heterocycles. The maximum atomic E-state index is 13.0. The van der Waals surface area contributed by atoms with Crippen LogP contribution in [0.1, 0.15) is 17.1 Å². The van der Waals surface area contributed by atoms with E-state index in [-0.39, 0.29) is 11.4 Å². The maximum absolute atomic E-state index is 13.0. The average Bonchev–Trinajstić information content (AvgIpc) is 2.26. The Hall–Kier alpha value is -1.24. The summed E-state index contributed by atoms with van der Waals surface area (Å²) in [4.78, 5) is 18.5. The highest BCUT2D eigenvalue weighted by molar-refractivity contribution is 14.1. The van der Waals surface area contributed by atoms with Crippen molar-refractivity contribution in [2.24, 2.45) is 0 Å². The Morgan fingerprint density at radius 3 is 2.88 bits per heavy atom. The van der Waals surface area contributed by atoms with Crippen molar-refractivity contribution in [2.45, 2.75) is 13.3 Å². The highest BCUT2D eigenvalue weighted by Crippen LogP contribution is 2.09. The number of rotatable bonds is 2. The Kier molecular flexibility index (Phi) is 3.56. The fraction of sp³-hybridized carbons (Fsp3) is 0.167. The van der Waals surface area contributed by atoms with Crippen LogP contribution in [-0.2, 0) is 6.42 Å². The zero-order valence-electron chi connectivity index (χ0n) is 9.13. The van der Waals surface area contributed by atoms with Crippen molar-refractivity contribution >= 4 is 22.6 Å². The van der Waals surface area contributed by atoms with Gasteiger partial charge in [0.05, 0.1) is 9.26 Å². The molecule has 0 atom stereocenters. The molecule has 88 valence electrons. The van der Waals surface area contributed by atoms with E-state index in [0.29, 0.717) is 21.5 Å². The number of aryl methyl sites for hydroxylation is 1. The Morgan fingerprint density at radius 2 is 2.24 bits per heavy atom. The number of hydrogen-bond donors (Lipinski definition) is 1. The number of benzene rings is 1. The second-order valence-corrected chi connectivity index (χ2v) is 4.80. The van der Waals surface area contributed by atoms with Crippen LogP contribution in [0.15, 0.2) is 29.1 Å². The molecular weight excluding hydrogens is 334 g/mol. The molecular formula is C12H10FIN2O. The average molecular weight is 344 g/mol. The molecule has 0 aliphatic carbocycles. The first-order valence-electron chi connectivity index (χ1n) is 5.06. The molecule has 5 heteroatoms. The summed E-state index contributed by atoms with van der Waals surface area (Å²) in [5.74, 6) is 0.269. The van der Waals surface area contributed by atoms with Gasteiger partial charge >= 0.3 is 0 Å². The Labute approximate surface area is 111 Å². The summed E-state index contributed by atoms with van der Waals surface area (Å²) < 4.78 is 13.6. The Balaban J connectivity index is 2.34. The summed E-state index contributed by atoms with van der Waals surface area (Å²) in [6, 6.07) is 6.27. The van der Waals surface area contributed by atoms with Crippen molar-refractivity contribution in [1.82, 2.24) is 9.97 Å². The van der Waals surface area contributed by atoms with E-state index in [1.54, 1.807) is 19.1 Å². The van der Waals surface area contributed by atoms with Crippen molar-refractivity contribution in [2.75, 3.05) is 0 Å². The molecule has 0 saturated carbocycles. The van der Waals surface area contributed by atoms with Crippen molar-refractivity contribution in [1.29, 1.82) is 0 Å². The van der Waals surface area contributed by atoms with Gasteiger partial charge in [-0.2, -0.15) is 0 Å². The molecule has 17 heavy (non-hydrogen) atoms. The molecule has 0 aliphatic heterocycles. The summed E-state index contributed by atoms with van der Waals surface area (Å²) in [5, 5.41) is 0. The lowest BCUT2D eigenvalue weighted by atomic mass is 10.1. The summed E-state index contributed by atoms with van der Waals surface area (Å²) >= 11 is 1.96. The summed E-state index contributed by atoms with van der Waals surface area (Å²) in [7, 11) is 0. The molecule has 0 fully saturated rings. The Morgan fingerprint density at radius 1 is 1.47 bits per heavy atom. The second-order valence-electron chi connectivity index (χ2n) is 3.72. The van der Waals surface area contributed by atoms with Gasteiger partial charge in [-0.25, -0.2) is 9.37 Å². The van der Waals surface area contributed by atoms with E-state index in [1.807, 2.05) is 22.6 Å². The van der Waals surface area contributed by atoms with Crippen molar-refractivity contribution < 1.29 is 4.39 Å². The summed E-state index contributed by atoms with van der Waals surface area (Å²) in [5.41, 5.74) is 1.33. The fourth-order valence-electron chi connectivity index (χ4n) is 1.55. The van der Waals surface area contributed by atoms with Gasteiger partial charge in [0.1, 0.15) is 11.6 Å². The molecule has 0 unspecified atom stereocenters. The zero-order chi connectivity index (χ0) is 12.4. The predicted molar refractivity (Wildman–Crippen MR) is 71.5 cm³/mol. The second kappa shape index (κ2) is 4.95. The minimum atomic E-state index is -0.285. The molecule has 2 aromatic rings. The largest absolute Gasteiger partial charge is 0.309 e. The van der Waals surface area contributed by atoms with E-state index in [4.69, 9.17) is 0 Å². The smallest absolute Gasteiger partial charge is 0.264 e. The molecule has 1 aromatic heterocycles. The van der Waals surface area contributed by atoms with Crippen molar-refractivity contribution in [3.05, 3.63) is 61.1 Å². The van der Waals surface area contributed by atoms with Crippen LogP contribution < -0.4 is 5.56 Å². The molecule has 1 aromatic carbocycles. The molecule has 2 rings (SSSR count). The van der Waals surface area contributed by atoms with Gasteiger partial charge in [0, 0.05) is 6.42 Å². The topological polar surface area (TPSA) is 45.8 Å². The lowest BCUT2D eigenvalue weighted by Crippen LogP contribution is -2.16. The number of hydrogen-bond acceptors (Lipinski definition) is 2. The quantitative estimate of drug-likeness (QED) is 0.851. The lowest BCUT2D eigenvalue weighted by Gasteiger charge is -2.03. The number of aromatic amines is 1. The number of nitrogens with one attached hydrogen (secondary N) is 1. The molecule has 1 N–H and O–H groups in total. The van der Waals surface area contributed by atoms with E-state index in [9.17, 15) is 9.18 Å². The first kappa shape index (κ1) is 12.2.